The minimum atomic E-state index is -1.09. The summed E-state index contributed by atoms with van der Waals surface area (Å²) in [5, 5.41) is 2.75. The molecule has 0 aliphatic heterocycles. The third-order valence-electron chi connectivity index (χ3n) is 4.71. The molecule has 1 aliphatic carbocycles. The van der Waals surface area contributed by atoms with Crippen molar-refractivity contribution < 1.29 is 19.1 Å². The standard InChI is InChI=1S/C21H22N2O4/c1-3-27-18(24)16-11-7-8-12-17(16)22-19(25)21(13-14-21)20(26)23(2)15-9-5-4-6-10-15/h4-12H,3,13-14H2,1-2H3,(H,22,25). The Labute approximate surface area is 158 Å². The lowest BCUT2D eigenvalue weighted by Gasteiger charge is -2.23. The van der Waals surface area contributed by atoms with Crippen LogP contribution in [0.5, 0.6) is 0 Å². The van der Waals surface area contributed by atoms with Crippen LogP contribution < -0.4 is 10.2 Å². The van der Waals surface area contributed by atoms with E-state index in [-0.39, 0.29) is 18.1 Å². The van der Waals surface area contributed by atoms with Crippen LogP contribution in [0, 0.1) is 5.41 Å². The van der Waals surface area contributed by atoms with Crippen molar-refractivity contribution in [3.63, 3.8) is 0 Å². The molecule has 6 nitrogen and oxygen atoms in total. The normalized spacial score (nSPS) is 14.1. The van der Waals surface area contributed by atoms with E-state index in [0.717, 1.165) is 5.69 Å². The molecule has 0 spiro atoms. The molecular formula is C21H22N2O4. The predicted octanol–water partition coefficient (Wildman–Crippen LogP) is 3.25. The lowest BCUT2D eigenvalue weighted by atomic mass is 10.0. The van der Waals surface area contributed by atoms with Crippen molar-refractivity contribution in [2.24, 2.45) is 5.41 Å². The van der Waals surface area contributed by atoms with Crippen LogP contribution in [-0.2, 0) is 14.3 Å². The average Bonchev–Trinajstić information content (AvgIpc) is 3.50. The van der Waals surface area contributed by atoms with Gasteiger partial charge in [-0.05, 0) is 44.0 Å². The number of nitrogens with zero attached hydrogens (tertiary/aromatic N) is 1. The van der Waals surface area contributed by atoms with Crippen LogP contribution in [0.25, 0.3) is 0 Å². The molecule has 1 fully saturated rings. The molecule has 0 saturated heterocycles. The SMILES string of the molecule is CCOC(=O)c1ccccc1NC(=O)C1(C(=O)N(C)c2ccccc2)CC1. The number of nitrogens with one attached hydrogen (secondary N) is 1. The maximum Gasteiger partial charge on any atom is 0.340 e. The smallest absolute Gasteiger partial charge is 0.340 e. The van der Waals surface area contributed by atoms with Crippen LogP contribution in [-0.4, -0.2) is 31.4 Å². The van der Waals surface area contributed by atoms with Gasteiger partial charge in [0.15, 0.2) is 0 Å². The molecule has 2 amide bonds. The Balaban J connectivity index is 1.79. The molecule has 2 aromatic rings. The lowest BCUT2D eigenvalue weighted by molar-refractivity contribution is -0.132. The van der Waals surface area contributed by atoms with Gasteiger partial charge in [0, 0.05) is 12.7 Å². The maximum atomic E-state index is 13.0. The van der Waals surface area contributed by atoms with Crippen molar-refractivity contribution in [2.75, 3.05) is 23.9 Å². The Morgan fingerprint density at radius 2 is 1.67 bits per heavy atom. The second-order valence-electron chi connectivity index (χ2n) is 6.50. The van der Waals surface area contributed by atoms with Crippen molar-refractivity contribution in [1.29, 1.82) is 0 Å². The third kappa shape index (κ3) is 3.69. The number of ether oxygens (including phenoxy) is 1. The number of amides is 2. The quantitative estimate of drug-likeness (QED) is 0.629. The fourth-order valence-electron chi connectivity index (χ4n) is 2.97. The number of carbonyl (C=O) groups is 3. The van der Waals surface area contributed by atoms with E-state index in [4.69, 9.17) is 4.74 Å². The molecule has 1 saturated carbocycles. The zero-order valence-corrected chi connectivity index (χ0v) is 15.4. The summed E-state index contributed by atoms with van der Waals surface area (Å²) in [4.78, 5) is 39.4. The number of benzene rings is 2. The van der Waals surface area contributed by atoms with Crippen LogP contribution in [0.3, 0.4) is 0 Å². The summed E-state index contributed by atoms with van der Waals surface area (Å²) in [5.41, 5.74) is 0.259. The van der Waals surface area contributed by atoms with Gasteiger partial charge in [-0.3, -0.25) is 9.59 Å². The van der Waals surface area contributed by atoms with Crippen molar-refractivity contribution in [1.82, 2.24) is 0 Å². The van der Waals surface area contributed by atoms with Gasteiger partial charge >= 0.3 is 5.97 Å². The summed E-state index contributed by atoms with van der Waals surface area (Å²) >= 11 is 0. The zero-order chi connectivity index (χ0) is 19.4. The number of hydrogen-bond acceptors (Lipinski definition) is 4. The second kappa shape index (κ2) is 7.61. The van der Waals surface area contributed by atoms with Gasteiger partial charge in [0.2, 0.25) is 11.8 Å². The highest BCUT2D eigenvalue weighted by Crippen LogP contribution is 2.48. The second-order valence-corrected chi connectivity index (χ2v) is 6.50. The van der Waals surface area contributed by atoms with Crippen LogP contribution in [0.15, 0.2) is 54.6 Å². The Morgan fingerprint density at radius 1 is 1.04 bits per heavy atom. The van der Waals surface area contributed by atoms with Crippen molar-refractivity contribution >= 4 is 29.2 Å². The van der Waals surface area contributed by atoms with Crippen LogP contribution in [0.2, 0.25) is 0 Å². The van der Waals surface area contributed by atoms with E-state index in [1.807, 2.05) is 30.3 Å². The number of esters is 1. The van der Waals surface area contributed by atoms with Crippen LogP contribution >= 0.6 is 0 Å². The van der Waals surface area contributed by atoms with Crippen LogP contribution in [0.4, 0.5) is 11.4 Å². The number of rotatable bonds is 6. The molecule has 0 atom stereocenters. The first-order chi connectivity index (χ1) is 13.0. The Morgan fingerprint density at radius 3 is 2.30 bits per heavy atom. The molecule has 0 bridgehead atoms. The van der Waals surface area contributed by atoms with Crippen molar-refractivity contribution in [2.45, 2.75) is 19.8 Å². The molecule has 6 heteroatoms. The zero-order valence-electron chi connectivity index (χ0n) is 15.4. The average molecular weight is 366 g/mol. The Bertz CT molecular complexity index is 859. The maximum absolute atomic E-state index is 13.0. The molecular weight excluding hydrogens is 344 g/mol. The van der Waals surface area contributed by atoms with E-state index < -0.39 is 17.3 Å². The molecule has 3 rings (SSSR count). The molecule has 140 valence electrons. The third-order valence-corrected chi connectivity index (χ3v) is 4.71. The Hall–Kier alpha value is -3.15. The van der Waals surface area contributed by atoms with E-state index in [1.165, 1.54) is 4.90 Å². The highest BCUT2D eigenvalue weighted by molar-refractivity contribution is 6.18. The highest BCUT2D eigenvalue weighted by atomic mass is 16.5. The summed E-state index contributed by atoms with van der Waals surface area (Å²) in [6.45, 7) is 1.96. The van der Waals surface area contributed by atoms with E-state index in [1.54, 1.807) is 38.2 Å². The monoisotopic (exact) mass is 366 g/mol. The molecule has 0 radical (unpaired) electrons. The lowest BCUT2D eigenvalue weighted by Crippen LogP contribution is -2.41. The van der Waals surface area contributed by atoms with Gasteiger partial charge < -0.3 is 15.0 Å². The topological polar surface area (TPSA) is 75.7 Å². The van der Waals surface area contributed by atoms with Gasteiger partial charge in [0.1, 0.15) is 5.41 Å². The largest absolute Gasteiger partial charge is 0.462 e. The van der Waals surface area contributed by atoms with Crippen molar-refractivity contribution in [3.05, 3.63) is 60.2 Å². The first kappa shape index (κ1) is 18.6. The number of anilines is 2. The first-order valence-corrected chi connectivity index (χ1v) is 8.90. The molecule has 0 aromatic heterocycles. The summed E-state index contributed by atoms with van der Waals surface area (Å²) in [6, 6.07) is 15.8. The summed E-state index contributed by atoms with van der Waals surface area (Å²) in [7, 11) is 1.66. The van der Waals surface area contributed by atoms with Gasteiger partial charge in [0.05, 0.1) is 17.9 Å². The van der Waals surface area contributed by atoms with E-state index in [9.17, 15) is 14.4 Å². The number of carbonyl (C=O) groups excluding carboxylic acids is 3. The highest BCUT2D eigenvalue weighted by Gasteiger charge is 2.57. The Kier molecular flexibility index (Phi) is 5.26. The summed E-state index contributed by atoms with van der Waals surface area (Å²) in [5.74, 6) is -1.15. The van der Waals surface area contributed by atoms with Gasteiger partial charge in [-0.15, -0.1) is 0 Å². The predicted molar refractivity (Wildman–Crippen MR) is 103 cm³/mol. The fraction of sp³-hybridized carbons (Fsp3) is 0.286. The van der Waals surface area contributed by atoms with Crippen LogP contribution in [0.1, 0.15) is 30.1 Å². The molecule has 1 aliphatic rings. The first-order valence-electron chi connectivity index (χ1n) is 8.90. The van der Waals surface area contributed by atoms with Gasteiger partial charge in [0.25, 0.3) is 0 Å². The molecule has 27 heavy (non-hydrogen) atoms. The molecule has 1 N–H and O–H groups in total. The van der Waals surface area contributed by atoms with Gasteiger partial charge in [-0.25, -0.2) is 4.79 Å². The van der Waals surface area contributed by atoms with E-state index in [0.29, 0.717) is 18.5 Å². The van der Waals surface area contributed by atoms with Crippen molar-refractivity contribution in [3.8, 4) is 0 Å². The molecule has 0 heterocycles. The summed E-state index contributed by atoms with van der Waals surface area (Å²) < 4.78 is 5.03. The van der Waals surface area contributed by atoms with E-state index >= 15 is 0 Å². The fourth-order valence-corrected chi connectivity index (χ4v) is 2.97. The molecule has 0 unspecified atom stereocenters. The number of hydrogen-bond donors (Lipinski definition) is 1. The summed E-state index contributed by atoms with van der Waals surface area (Å²) in [6.07, 6.45) is 0.965. The minimum Gasteiger partial charge on any atom is -0.462 e. The van der Waals surface area contributed by atoms with Gasteiger partial charge in [-0.2, -0.15) is 0 Å². The number of para-hydroxylation sites is 2. The van der Waals surface area contributed by atoms with Gasteiger partial charge in [-0.1, -0.05) is 30.3 Å². The minimum absolute atomic E-state index is 0.241. The molecule has 2 aromatic carbocycles. The van der Waals surface area contributed by atoms with E-state index in [2.05, 4.69) is 5.32 Å².